The van der Waals surface area contributed by atoms with Crippen molar-refractivity contribution in [3.63, 3.8) is 0 Å². The number of carbonyl (C=O) groups is 6. The minimum absolute atomic E-state index is 0.00561. The summed E-state index contributed by atoms with van der Waals surface area (Å²) in [7, 11) is 0. The number of rotatable bonds is 10. The number of hydrogen-bond acceptors (Lipinski definition) is 13. The molecule has 0 radical (unpaired) electrons. The van der Waals surface area contributed by atoms with Crippen LogP contribution >= 0.6 is 0 Å². The van der Waals surface area contributed by atoms with E-state index in [1.54, 1.807) is 24.3 Å². The van der Waals surface area contributed by atoms with E-state index in [9.17, 15) is 59.1 Å². The zero-order valence-electron chi connectivity index (χ0n) is 29.0. The lowest BCUT2D eigenvalue weighted by Crippen LogP contribution is -2.41. The van der Waals surface area contributed by atoms with E-state index in [-0.39, 0.29) is 46.1 Å². The Labute approximate surface area is 306 Å². The number of non-ortho nitro benzene ring substituents is 3. The minimum atomic E-state index is -1.13. The van der Waals surface area contributed by atoms with E-state index in [0.29, 0.717) is 23.1 Å². The van der Waals surface area contributed by atoms with Crippen LogP contribution in [0.15, 0.2) is 97.1 Å². The van der Waals surface area contributed by atoms with Gasteiger partial charge in [0.15, 0.2) is 0 Å². The highest BCUT2D eigenvalue weighted by Crippen LogP contribution is 2.15. The van der Waals surface area contributed by atoms with E-state index in [0.717, 1.165) is 6.07 Å². The molecule has 0 aliphatic carbocycles. The van der Waals surface area contributed by atoms with Crippen LogP contribution in [0.4, 0.5) is 22.7 Å². The fourth-order valence-electron chi connectivity index (χ4n) is 3.86. The number of benzene rings is 4. The monoisotopic (exact) mass is 745 g/mol. The van der Waals surface area contributed by atoms with Gasteiger partial charge in [-0.15, -0.1) is 0 Å². The average Bonchev–Trinajstić information content (AvgIpc) is 3.11. The van der Waals surface area contributed by atoms with Gasteiger partial charge in [-0.25, -0.2) is 0 Å². The molecule has 0 bridgehead atoms. The molecular weight excluding hydrogens is 710 g/mol. The van der Waals surface area contributed by atoms with Crippen molar-refractivity contribution < 1.29 is 43.5 Å². The molecule has 4 aromatic carbocycles. The Morgan fingerprint density at radius 1 is 0.648 bits per heavy atom. The topological polar surface area (TPSA) is 322 Å². The number of aldehydes is 1. The largest absolute Gasteiger partial charge is 0.399 e. The summed E-state index contributed by atoms with van der Waals surface area (Å²) in [6.45, 7) is 5.66. The molecule has 7 N–H and O–H groups in total. The lowest BCUT2D eigenvalue weighted by Gasteiger charge is -2.20. The van der Waals surface area contributed by atoms with Crippen LogP contribution in [0.5, 0.6) is 0 Å². The number of ketones is 2. The molecule has 282 valence electrons. The van der Waals surface area contributed by atoms with E-state index in [4.69, 9.17) is 17.2 Å². The van der Waals surface area contributed by atoms with E-state index >= 15 is 0 Å². The van der Waals surface area contributed by atoms with Crippen molar-refractivity contribution in [1.82, 2.24) is 5.32 Å². The molecule has 19 nitrogen and oxygen atoms in total. The number of amides is 3. The maximum absolute atomic E-state index is 11.6. The highest BCUT2D eigenvalue weighted by molar-refractivity contribution is 6.42. The first-order valence-corrected chi connectivity index (χ1v) is 15.2. The van der Waals surface area contributed by atoms with E-state index in [2.05, 4.69) is 5.32 Å². The molecule has 0 aromatic heterocycles. The van der Waals surface area contributed by atoms with Gasteiger partial charge in [-0.3, -0.25) is 59.1 Å². The highest BCUT2D eigenvalue weighted by atomic mass is 16.6. The van der Waals surface area contributed by atoms with Gasteiger partial charge in [0.2, 0.25) is 17.5 Å². The first-order chi connectivity index (χ1) is 25.1. The summed E-state index contributed by atoms with van der Waals surface area (Å²) in [6, 6.07) is 22.6. The van der Waals surface area contributed by atoms with Crippen LogP contribution in [0.3, 0.4) is 0 Å². The molecule has 19 heteroatoms. The van der Waals surface area contributed by atoms with Crippen LogP contribution in [-0.4, -0.2) is 55.9 Å². The minimum Gasteiger partial charge on any atom is -0.399 e. The fourth-order valence-corrected chi connectivity index (χ4v) is 3.86. The number of hydrogen-bond donors (Lipinski definition) is 4. The average molecular weight is 746 g/mol. The maximum atomic E-state index is 11.6. The molecule has 4 rings (SSSR count). The first-order valence-electron chi connectivity index (χ1n) is 15.2. The van der Waals surface area contributed by atoms with Crippen LogP contribution in [-0.2, 0) is 20.8 Å². The molecule has 0 spiro atoms. The Balaban J connectivity index is 0.000000365. The molecule has 0 unspecified atom stereocenters. The number of carbonyl (C=O) groups excluding carboxylic acids is 6. The summed E-state index contributed by atoms with van der Waals surface area (Å²) in [4.78, 5) is 94.1. The molecule has 0 saturated heterocycles. The smallest absolute Gasteiger partial charge is 0.289 e. The maximum Gasteiger partial charge on any atom is 0.289 e. The van der Waals surface area contributed by atoms with Crippen molar-refractivity contribution in [3.05, 3.63) is 150 Å². The Kier molecular flexibility index (Phi) is 17.1. The number of Topliss-reactive ketones (excluding diaryl/α,β-unsaturated/α-hetero) is 2. The summed E-state index contributed by atoms with van der Waals surface area (Å²) in [5.41, 5.74) is 15.9. The lowest BCUT2D eigenvalue weighted by molar-refractivity contribution is -0.385. The molecule has 0 saturated carbocycles. The zero-order chi connectivity index (χ0) is 41.2. The summed E-state index contributed by atoms with van der Waals surface area (Å²) in [6.07, 6.45) is 0.728. The molecule has 3 amide bonds. The van der Waals surface area contributed by atoms with Crippen LogP contribution in [0.2, 0.25) is 0 Å². The number of primary amides is 2. The lowest BCUT2D eigenvalue weighted by atomic mass is 10.1. The first kappa shape index (κ1) is 44.3. The van der Waals surface area contributed by atoms with Crippen LogP contribution in [0.25, 0.3) is 0 Å². The van der Waals surface area contributed by atoms with E-state index in [1.165, 1.54) is 66.7 Å². The van der Waals surface area contributed by atoms with Crippen molar-refractivity contribution >= 4 is 58.3 Å². The predicted molar refractivity (Wildman–Crippen MR) is 194 cm³/mol. The molecular formula is C35H35N7O12. The van der Waals surface area contributed by atoms with Crippen LogP contribution < -0.4 is 22.5 Å². The Morgan fingerprint density at radius 2 is 1.07 bits per heavy atom. The molecule has 54 heavy (non-hydrogen) atoms. The zero-order valence-corrected chi connectivity index (χ0v) is 29.0. The second-order valence-electron chi connectivity index (χ2n) is 11.7. The van der Waals surface area contributed by atoms with E-state index < -0.39 is 38.2 Å². The van der Waals surface area contributed by atoms with Crippen molar-refractivity contribution in [1.29, 1.82) is 0 Å². The summed E-state index contributed by atoms with van der Waals surface area (Å²) in [5.74, 6) is -3.90. The summed E-state index contributed by atoms with van der Waals surface area (Å²) < 4.78 is 0. The normalized spacial score (nSPS) is 9.83. The highest BCUT2D eigenvalue weighted by Gasteiger charge is 2.16. The third-order valence-electron chi connectivity index (χ3n) is 6.13. The van der Waals surface area contributed by atoms with Crippen molar-refractivity contribution in [2.75, 3.05) is 5.73 Å². The number of anilines is 1. The second kappa shape index (κ2) is 20.8. The van der Waals surface area contributed by atoms with Gasteiger partial charge in [0.1, 0.15) is 6.29 Å². The quantitative estimate of drug-likeness (QED) is 0.0450. The Hall–Kier alpha value is -7.70. The summed E-state index contributed by atoms with van der Waals surface area (Å²) >= 11 is 0. The van der Waals surface area contributed by atoms with Crippen molar-refractivity contribution in [2.45, 2.75) is 32.7 Å². The Morgan fingerprint density at radius 3 is 1.52 bits per heavy atom. The molecule has 0 heterocycles. The predicted octanol–water partition coefficient (Wildman–Crippen LogP) is 3.66. The number of nitrogens with two attached hydrogens (primary N) is 3. The number of nitrogens with zero attached hydrogens (tertiary/aromatic N) is 3. The van der Waals surface area contributed by atoms with Crippen molar-refractivity contribution in [3.8, 4) is 0 Å². The standard InChI is InChI=1S/C12H16N2O3.C8H6N2O4.C8H8N2O2.C7H5NO3/c1-12(2,3)13-11(15)8-9-5-4-6-10(7-9)14(16)17;9-8(12)7(11)5-2-1-3-6(4-5)10(13)14;9-6-3-1-2-5(4-6)7(11)8(10)12;9-5-6-2-1-3-7(4-6)8(10)11/h4-7H,8H2,1-3H3,(H,13,15);1-4H,(H2,9,12);1-4H,9H2,(H2,10,12);1-5H. The fraction of sp³-hybridized carbons (Fsp3) is 0.143. The van der Waals surface area contributed by atoms with Crippen LogP contribution in [0, 0.1) is 30.3 Å². The number of nitrogen functional groups attached to an aromatic ring is 1. The molecule has 0 atom stereocenters. The third kappa shape index (κ3) is 16.3. The second-order valence-corrected chi connectivity index (χ2v) is 11.7. The van der Waals surface area contributed by atoms with Crippen molar-refractivity contribution in [2.24, 2.45) is 11.5 Å². The Bertz CT molecular complexity index is 2060. The van der Waals surface area contributed by atoms with Gasteiger partial charge in [0.05, 0.1) is 21.2 Å². The number of nitrogens with one attached hydrogen (secondary N) is 1. The number of nitro benzene ring substituents is 3. The van der Waals surface area contributed by atoms with E-state index in [1.807, 2.05) is 20.8 Å². The molecule has 0 aliphatic heterocycles. The van der Waals surface area contributed by atoms with Gasteiger partial charge in [-0.05, 0) is 38.5 Å². The summed E-state index contributed by atoms with van der Waals surface area (Å²) in [5, 5.41) is 33.9. The van der Waals surface area contributed by atoms with Gasteiger partial charge in [-0.1, -0.05) is 48.5 Å². The van der Waals surface area contributed by atoms with Gasteiger partial charge < -0.3 is 22.5 Å². The van der Waals surface area contributed by atoms with Gasteiger partial charge in [0, 0.05) is 64.3 Å². The van der Waals surface area contributed by atoms with Crippen LogP contribution in [0.1, 0.15) is 57.4 Å². The molecule has 4 aromatic rings. The molecule has 0 fully saturated rings. The SMILES string of the molecule is CC(C)(C)NC(=O)Cc1cccc([N+](=O)[O-])c1.NC(=O)C(=O)c1cccc(N)c1.NC(=O)C(=O)c1cccc([N+](=O)[O-])c1.O=Cc1cccc([N+](=O)[O-])c1. The van der Waals surface area contributed by atoms with Gasteiger partial charge in [-0.2, -0.15) is 0 Å². The van der Waals surface area contributed by atoms with Gasteiger partial charge >= 0.3 is 0 Å². The molecule has 0 aliphatic rings. The number of nitro groups is 3. The third-order valence-corrected chi connectivity index (χ3v) is 6.13. The van der Waals surface area contributed by atoms with Gasteiger partial charge in [0.25, 0.3) is 28.9 Å².